The van der Waals surface area contributed by atoms with E-state index in [1.54, 1.807) is 0 Å². The maximum atomic E-state index is 6.17. The van der Waals surface area contributed by atoms with Crippen LogP contribution in [0.3, 0.4) is 0 Å². The number of ether oxygens (including phenoxy) is 3. The van der Waals surface area contributed by atoms with Crippen LogP contribution in [0.2, 0.25) is 0 Å². The summed E-state index contributed by atoms with van der Waals surface area (Å²) in [5.41, 5.74) is 8.44. The maximum Gasteiger partial charge on any atom is 0.231 e. The largest absolute Gasteiger partial charge is 0.492 e. The lowest BCUT2D eigenvalue weighted by molar-refractivity contribution is 0.174. The van der Waals surface area contributed by atoms with E-state index in [-0.39, 0.29) is 12.8 Å². The summed E-state index contributed by atoms with van der Waals surface area (Å²) < 4.78 is 16.4. The van der Waals surface area contributed by atoms with Crippen molar-refractivity contribution in [3.05, 3.63) is 53.6 Å². The van der Waals surface area contributed by atoms with Crippen LogP contribution in [0.4, 0.5) is 0 Å². The third kappa shape index (κ3) is 3.11. The quantitative estimate of drug-likeness (QED) is 0.917. The zero-order valence-corrected chi connectivity index (χ0v) is 12.0. The zero-order valence-electron chi connectivity index (χ0n) is 12.0. The molecule has 1 unspecified atom stereocenters. The average molecular weight is 285 g/mol. The van der Waals surface area contributed by atoms with Crippen LogP contribution in [0, 0.1) is 0 Å². The average Bonchev–Trinajstić information content (AvgIpc) is 3.00. The second-order valence-corrected chi connectivity index (χ2v) is 5.03. The smallest absolute Gasteiger partial charge is 0.231 e. The SMILES string of the molecule is CCc1ccc(OCC(N)c2ccc3c(c2)OCO3)cc1. The third-order valence-corrected chi connectivity index (χ3v) is 3.59. The summed E-state index contributed by atoms with van der Waals surface area (Å²) in [6.45, 7) is 2.82. The van der Waals surface area contributed by atoms with Gasteiger partial charge in [0.25, 0.3) is 0 Å². The van der Waals surface area contributed by atoms with Crippen molar-refractivity contribution < 1.29 is 14.2 Å². The minimum atomic E-state index is -0.203. The highest BCUT2D eigenvalue weighted by atomic mass is 16.7. The number of hydrogen-bond acceptors (Lipinski definition) is 4. The number of aryl methyl sites for hydroxylation is 1. The molecule has 4 nitrogen and oxygen atoms in total. The molecule has 1 atom stereocenters. The number of nitrogens with two attached hydrogens (primary N) is 1. The minimum absolute atomic E-state index is 0.203. The number of hydrogen-bond donors (Lipinski definition) is 1. The highest BCUT2D eigenvalue weighted by Gasteiger charge is 2.16. The van der Waals surface area contributed by atoms with Gasteiger partial charge in [0.15, 0.2) is 11.5 Å². The van der Waals surface area contributed by atoms with Gasteiger partial charge in [-0.3, -0.25) is 0 Å². The van der Waals surface area contributed by atoms with Crippen LogP contribution in [-0.2, 0) is 6.42 Å². The van der Waals surface area contributed by atoms with E-state index in [9.17, 15) is 0 Å². The van der Waals surface area contributed by atoms with Crippen molar-refractivity contribution in [3.63, 3.8) is 0 Å². The summed E-state index contributed by atoms with van der Waals surface area (Å²) in [6.07, 6.45) is 1.02. The van der Waals surface area contributed by atoms with Gasteiger partial charge in [-0.15, -0.1) is 0 Å². The highest BCUT2D eigenvalue weighted by molar-refractivity contribution is 5.45. The van der Waals surface area contributed by atoms with Gasteiger partial charge < -0.3 is 19.9 Å². The molecule has 1 aliphatic rings. The van der Waals surface area contributed by atoms with E-state index >= 15 is 0 Å². The number of rotatable bonds is 5. The van der Waals surface area contributed by atoms with Gasteiger partial charge in [-0.2, -0.15) is 0 Å². The predicted molar refractivity (Wildman–Crippen MR) is 80.8 cm³/mol. The molecule has 0 fully saturated rings. The molecular formula is C17H19NO3. The second kappa shape index (κ2) is 6.06. The summed E-state index contributed by atoms with van der Waals surface area (Å²) >= 11 is 0. The summed E-state index contributed by atoms with van der Waals surface area (Å²) in [4.78, 5) is 0. The molecule has 0 spiro atoms. The van der Waals surface area contributed by atoms with Gasteiger partial charge in [-0.1, -0.05) is 25.1 Å². The first-order valence-corrected chi connectivity index (χ1v) is 7.13. The highest BCUT2D eigenvalue weighted by Crippen LogP contribution is 2.33. The molecule has 0 radical (unpaired) electrons. The summed E-state index contributed by atoms with van der Waals surface area (Å²) in [7, 11) is 0. The van der Waals surface area contributed by atoms with Crippen LogP contribution in [-0.4, -0.2) is 13.4 Å². The Labute approximate surface area is 124 Å². The van der Waals surface area contributed by atoms with Crippen molar-refractivity contribution in [1.82, 2.24) is 0 Å². The standard InChI is InChI=1S/C17H19NO3/c1-2-12-3-6-14(7-4-12)19-10-15(18)13-5-8-16-17(9-13)21-11-20-16/h3-9,15H,2,10-11,18H2,1H3. The lowest BCUT2D eigenvalue weighted by atomic mass is 10.1. The Balaban J connectivity index is 1.61. The van der Waals surface area contributed by atoms with Crippen LogP contribution >= 0.6 is 0 Å². The molecule has 1 heterocycles. The molecular weight excluding hydrogens is 266 g/mol. The van der Waals surface area contributed by atoms with E-state index < -0.39 is 0 Å². The summed E-state index contributed by atoms with van der Waals surface area (Å²) in [5.74, 6) is 2.35. The molecule has 4 heteroatoms. The fourth-order valence-electron chi connectivity index (χ4n) is 2.25. The van der Waals surface area contributed by atoms with Crippen molar-refractivity contribution in [1.29, 1.82) is 0 Å². The molecule has 0 amide bonds. The Morgan fingerprint density at radius 3 is 2.62 bits per heavy atom. The molecule has 0 saturated heterocycles. The fourth-order valence-corrected chi connectivity index (χ4v) is 2.25. The van der Waals surface area contributed by atoms with Crippen LogP contribution < -0.4 is 19.9 Å². The first-order valence-electron chi connectivity index (χ1n) is 7.13. The molecule has 0 bridgehead atoms. The van der Waals surface area contributed by atoms with Gasteiger partial charge in [0, 0.05) is 0 Å². The van der Waals surface area contributed by atoms with Crippen molar-refractivity contribution in [2.45, 2.75) is 19.4 Å². The van der Waals surface area contributed by atoms with Gasteiger partial charge in [0.1, 0.15) is 12.4 Å². The van der Waals surface area contributed by atoms with Crippen molar-refractivity contribution in [2.24, 2.45) is 5.73 Å². The Morgan fingerprint density at radius 1 is 1.10 bits per heavy atom. The van der Waals surface area contributed by atoms with E-state index in [0.29, 0.717) is 6.61 Å². The van der Waals surface area contributed by atoms with E-state index in [0.717, 1.165) is 29.2 Å². The lowest BCUT2D eigenvalue weighted by Crippen LogP contribution is -2.18. The van der Waals surface area contributed by atoms with E-state index in [1.165, 1.54) is 5.56 Å². The fraction of sp³-hybridized carbons (Fsp3) is 0.294. The van der Waals surface area contributed by atoms with E-state index in [1.807, 2.05) is 30.3 Å². The van der Waals surface area contributed by atoms with E-state index in [4.69, 9.17) is 19.9 Å². The molecule has 1 aliphatic heterocycles. The Bertz CT molecular complexity index is 610. The van der Waals surface area contributed by atoms with Crippen LogP contribution in [0.1, 0.15) is 24.1 Å². The lowest BCUT2D eigenvalue weighted by Gasteiger charge is -2.14. The second-order valence-electron chi connectivity index (χ2n) is 5.03. The van der Waals surface area contributed by atoms with Gasteiger partial charge in [-0.25, -0.2) is 0 Å². The van der Waals surface area contributed by atoms with Crippen molar-refractivity contribution >= 4 is 0 Å². The molecule has 2 N–H and O–H groups in total. The maximum absolute atomic E-state index is 6.17. The summed E-state index contributed by atoms with van der Waals surface area (Å²) in [6, 6.07) is 13.6. The van der Waals surface area contributed by atoms with Crippen molar-refractivity contribution in [3.8, 4) is 17.2 Å². The van der Waals surface area contributed by atoms with Gasteiger partial charge in [-0.05, 0) is 41.8 Å². The van der Waals surface area contributed by atoms with Crippen LogP contribution in [0.5, 0.6) is 17.2 Å². The predicted octanol–water partition coefficient (Wildman–Crippen LogP) is 3.06. The van der Waals surface area contributed by atoms with Crippen LogP contribution in [0.25, 0.3) is 0 Å². The molecule has 0 aliphatic carbocycles. The van der Waals surface area contributed by atoms with Gasteiger partial charge in [0.2, 0.25) is 6.79 Å². The number of benzene rings is 2. The molecule has 2 aromatic rings. The monoisotopic (exact) mass is 285 g/mol. The number of fused-ring (bicyclic) bond motifs is 1. The molecule has 21 heavy (non-hydrogen) atoms. The third-order valence-electron chi connectivity index (χ3n) is 3.59. The molecule has 0 saturated carbocycles. The summed E-state index contributed by atoms with van der Waals surface area (Å²) in [5, 5.41) is 0. The minimum Gasteiger partial charge on any atom is -0.492 e. The van der Waals surface area contributed by atoms with Gasteiger partial charge >= 0.3 is 0 Å². The molecule has 110 valence electrons. The Morgan fingerprint density at radius 2 is 1.86 bits per heavy atom. The molecule has 3 rings (SSSR count). The van der Waals surface area contributed by atoms with Crippen molar-refractivity contribution in [2.75, 3.05) is 13.4 Å². The normalized spacial score (nSPS) is 14.0. The van der Waals surface area contributed by atoms with Crippen LogP contribution in [0.15, 0.2) is 42.5 Å². The van der Waals surface area contributed by atoms with E-state index in [2.05, 4.69) is 19.1 Å². The topological polar surface area (TPSA) is 53.7 Å². The molecule has 0 aromatic heterocycles. The zero-order chi connectivity index (χ0) is 14.7. The Hall–Kier alpha value is -2.20. The Kier molecular flexibility index (Phi) is 3.97. The molecule has 2 aromatic carbocycles. The van der Waals surface area contributed by atoms with Gasteiger partial charge in [0.05, 0.1) is 6.04 Å². The first-order chi connectivity index (χ1) is 10.3. The first kappa shape index (κ1) is 13.8.